The van der Waals surface area contributed by atoms with E-state index in [0.717, 1.165) is 4.47 Å². The van der Waals surface area contributed by atoms with Gasteiger partial charge in [0.15, 0.2) is 17.3 Å². The highest BCUT2D eigenvalue weighted by Gasteiger charge is 2.20. The fourth-order valence-corrected chi connectivity index (χ4v) is 2.56. The van der Waals surface area contributed by atoms with Crippen LogP contribution in [0, 0.1) is 0 Å². The maximum Gasteiger partial charge on any atom is 0.255 e. The zero-order chi connectivity index (χ0) is 15.7. The number of hydrogen-bond acceptors (Lipinski definition) is 4. The van der Waals surface area contributed by atoms with Crippen molar-refractivity contribution in [1.82, 2.24) is 0 Å². The van der Waals surface area contributed by atoms with Gasteiger partial charge in [-0.15, -0.1) is 0 Å². The number of rotatable bonds is 3. The van der Waals surface area contributed by atoms with Crippen molar-refractivity contribution in [3.63, 3.8) is 0 Å². The Hall–Kier alpha value is -2.34. The van der Waals surface area contributed by atoms with Gasteiger partial charge in [0.05, 0.1) is 5.69 Å². The summed E-state index contributed by atoms with van der Waals surface area (Å²) in [4.78, 5) is 24.1. The van der Waals surface area contributed by atoms with Gasteiger partial charge in [-0.2, -0.15) is 0 Å². The van der Waals surface area contributed by atoms with Crippen LogP contribution in [0.2, 0.25) is 0 Å². The number of halogens is 1. The maximum atomic E-state index is 12.3. The Balaban J connectivity index is 1.94. The van der Waals surface area contributed by atoms with E-state index in [0.29, 0.717) is 28.3 Å². The van der Waals surface area contributed by atoms with Gasteiger partial charge in [-0.1, -0.05) is 22.0 Å². The second kappa shape index (κ2) is 5.81. The maximum absolute atomic E-state index is 12.3. The molecule has 3 rings (SSSR count). The molecule has 0 saturated heterocycles. The fourth-order valence-electron chi connectivity index (χ4n) is 2.16. The zero-order valence-corrected chi connectivity index (χ0v) is 13.3. The highest BCUT2D eigenvalue weighted by molar-refractivity contribution is 9.10. The first-order valence-corrected chi connectivity index (χ1v) is 7.35. The lowest BCUT2D eigenvalue weighted by molar-refractivity contribution is 0.101. The second-order valence-electron chi connectivity index (χ2n) is 4.77. The number of fused-ring (bicyclic) bond motifs is 1. The smallest absolute Gasteiger partial charge is 0.255 e. The van der Waals surface area contributed by atoms with Crippen molar-refractivity contribution in [2.24, 2.45) is 0 Å². The van der Waals surface area contributed by atoms with Gasteiger partial charge in [0, 0.05) is 21.7 Å². The molecule has 0 spiro atoms. The van der Waals surface area contributed by atoms with Crippen molar-refractivity contribution in [2.75, 3.05) is 12.1 Å². The summed E-state index contributed by atoms with van der Waals surface area (Å²) < 4.78 is 11.3. The van der Waals surface area contributed by atoms with Crippen LogP contribution in [-0.4, -0.2) is 18.5 Å². The highest BCUT2D eigenvalue weighted by atomic mass is 79.9. The number of ether oxygens (including phenoxy) is 2. The van der Waals surface area contributed by atoms with Crippen LogP contribution in [0.5, 0.6) is 11.5 Å². The van der Waals surface area contributed by atoms with E-state index in [-0.39, 0.29) is 18.5 Å². The van der Waals surface area contributed by atoms with Gasteiger partial charge in [0.2, 0.25) is 6.79 Å². The average molecular weight is 362 g/mol. The summed E-state index contributed by atoms with van der Waals surface area (Å²) in [6.07, 6.45) is 0. The van der Waals surface area contributed by atoms with Gasteiger partial charge in [0.25, 0.3) is 5.91 Å². The molecule has 1 amide bonds. The van der Waals surface area contributed by atoms with E-state index in [4.69, 9.17) is 9.47 Å². The second-order valence-corrected chi connectivity index (χ2v) is 5.69. The lowest BCUT2D eigenvalue weighted by Gasteiger charge is -2.11. The highest BCUT2D eigenvalue weighted by Crippen LogP contribution is 2.37. The number of ketones is 1. The lowest BCUT2D eigenvalue weighted by atomic mass is 10.1. The molecule has 6 heteroatoms. The molecule has 0 bridgehead atoms. The minimum atomic E-state index is -0.303. The summed E-state index contributed by atoms with van der Waals surface area (Å²) in [7, 11) is 0. The number of amides is 1. The van der Waals surface area contributed by atoms with Gasteiger partial charge < -0.3 is 14.8 Å². The Kier molecular flexibility index (Phi) is 3.85. The van der Waals surface area contributed by atoms with Crippen LogP contribution in [0.4, 0.5) is 5.69 Å². The Bertz CT molecular complexity index is 773. The van der Waals surface area contributed by atoms with E-state index in [9.17, 15) is 9.59 Å². The van der Waals surface area contributed by atoms with E-state index < -0.39 is 0 Å². The quantitative estimate of drug-likeness (QED) is 0.847. The van der Waals surface area contributed by atoms with E-state index >= 15 is 0 Å². The van der Waals surface area contributed by atoms with Crippen LogP contribution in [0.15, 0.2) is 40.9 Å². The zero-order valence-electron chi connectivity index (χ0n) is 11.7. The van der Waals surface area contributed by atoms with Gasteiger partial charge in [-0.3, -0.25) is 9.59 Å². The molecular formula is C16H12BrNO4. The van der Waals surface area contributed by atoms with Gasteiger partial charge in [0.1, 0.15) is 0 Å². The first-order chi connectivity index (χ1) is 10.5. The van der Waals surface area contributed by atoms with E-state index in [1.807, 2.05) is 6.07 Å². The normalized spacial score (nSPS) is 12.1. The minimum absolute atomic E-state index is 0.107. The first kappa shape index (κ1) is 14.6. The monoisotopic (exact) mass is 361 g/mol. The molecule has 0 saturated carbocycles. The molecule has 1 N–H and O–H groups in total. The third-order valence-corrected chi connectivity index (χ3v) is 3.72. The van der Waals surface area contributed by atoms with Crippen molar-refractivity contribution in [1.29, 1.82) is 0 Å². The molecule has 0 atom stereocenters. The molecule has 5 nitrogen and oxygen atoms in total. The molecule has 0 fully saturated rings. The molecule has 2 aromatic rings. The van der Waals surface area contributed by atoms with E-state index in [2.05, 4.69) is 21.2 Å². The lowest BCUT2D eigenvalue weighted by Crippen LogP contribution is -2.14. The number of nitrogens with one attached hydrogen (secondary N) is 1. The third kappa shape index (κ3) is 2.82. The van der Waals surface area contributed by atoms with Crippen molar-refractivity contribution < 1.29 is 19.1 Å². The largest absolute Gasteiger partial charge is 0.454 e. The molecule has 0 radical (unpaired) electrons. The number of carbonyl (C=O) groups excluding carboxylic acids is 2. The molecule has 0 unspecified atom stereocenters. The van der Waals surface area contributed by atoms with Gasteiger partial charge in [-0.25, -0.2) is 0 Å². The molecule has 112 valence electrons. The predicted molar refractivity (Wildman–Crippen MR) is 84.7 cm³/mol. The van der Waals surface area contributed by atoms with Crippen LogP contribution in [0.3, 0.4) is 0 Å². The summed E-state index contributed by atoms with van der Waals surface area (Å²) in [6.45, 7) is 1.54. The predicted octanol–water partition coefficient (Wildman–Crippen LogP) is 3.63. The van der Waals surface area contributed by atoms with Crippen LogP contribution in [-0.2, 0) is 0 Å². The van der Waals surface area contributed by atoms with Gasteiger partial charge >= 0.3 is 0 Å². The van der Waals surface area contributed by atoms with Crippen LogP contribution in [0.25, 0.3) is 0 Å². The van der Waals surface area contributed by atoms with Gasteiger partial charge in [-0.05, 0) is 31.2 Å². The number of hydrogen-bond donors (Lipinski definition) is 1. The summed E-state index contributed by atoms with van der Waals surface area (Å²) in [6, 6.07) is 10.2. The molecule has 0 aliphatic carbocycles. The Labute approximate surface area is 135 Å². The molecule has 2 aromatic carbocycles. The molecule has 1 aliphatic rings. The standard InChI is InChI=1S/C16H12BrNO4/c1-9(19)12-6-14-15(22-8-21-14)7-13(12)18-16(20)10-3-2-4-11(17)5-10/h2-7H,8H2,1H3,(H,18,20). The molecule has 1 heterocycles. The van der Waals surface area contributed by atoms with E-state index in [1.165, 1.54) is 6.92 Å². The fraction of sp³-hybridized carbons (Fsp3) is 0.125. The van der Waals surface area contributed by atoms with Crippen LogP contribution < -0.4 is 14.8 Å². The van der Waals surface area contributed by atoms with Crippen molar-refractivity contribution in [3.8, 4) is 11.5 Å². The number of anilines is 1. The topological polar surface area (TPSA) is 64.6 Å². The Morgan fingerprint density at radius 2 is 1.86 bits per heavy atom. The third-order valence-electron chi connectivity index (χ3n) is 3.23. The number of benzene rings is 2. The van der Waals surface area contributed by atoms with E-state index in [1.54, 1.807) is 30.3 Å². The number of Topliss-reactive ketones (excluding diaryl/α,β-unsaturated/α-hetero) is 1. The average Bonchev–Trinajstić information content (AvgIpc) is 2.93. The van der Waals surface area contributed by atoms with Crippen LogP contribution in [0.1, 0.15) is 27.6 Å². The summed E-state index contributed by atoms with van der Waals surface area (Å²) in [5, 5.41) is 2.75. The summed E-state index contributed by atoms with van der Waals surface area (Å²) >= 11 is 3.32. The molecule has 1 aliphatic heterocycles. The molecule has 0 aromatic heterocycles. The Morgan fingerprint density at radius 3 is 2.55 bits per heavy atom. The SMILES string of the molecule is CC(=O)c1cc2c(cc1NC(=O)c1cccc(Br)c1)OCO2. The Morgan fingerprint density at radius 1 is 1.14 bits per heavy atom. The minimum Gasteiger partial charge on any atom is -0.454 e. The molecule has 22 heavy (non-hydrogen) atoms. The van der Waals surface area contributed by atoms with Crippen molar-refractivity contribution in [2.45, 2.75) is 6.92 Å². The summed E-state index contributed by atoms with van der Waals surface area (Å²) in [5.41, 5.74) is 1.27. The number of carbonyl (C=O) groups is 2. The van der Waals surface area contributed by atoms with Crippen molar-refractivity contribution in [3.05, 3.63) is 52.0 Å². The first-order valence-electron chi connectivity index (χ1n) is 6.56. The van der Waals surface area contributed by atoms with Crippen molar-refractivity contribution >= 4 is 33.3 Å². The summed E-state index contributed by atoms with van der Waals surface area (Å²) in [5.74, 6) is 0.547. The van der Waals surface area contributed by atoms with Crippen LogP contribution >= 0.6 is 15.9 Å². The molecular weight excluding hydrogens is 350 g/mol.